The lowest BCUT2D eigenvalue weighted by Crippen LogP contribution is -2.42. The topological polar surface area (TPSA) is 75.8 Å². The number of nitrogens with two attached hydrogens (primary N) is 1. The lowest BCUT2D eigenvalue weighted by atomic mass is 9.90. The van der Waals surface area contributed by atoms with E-state index in [0.29, 0.717) is 25.1 Å². The summed E-state index contributed by atoms with van der Waals surface area (Å²) in [5.41, 5.74) is 5.83. The number of carbonyl (C=O) groups is 1. The maximum Gasteiger partial charge on any atom is 0.410 e. The quantitative estimate of drug-likeness (QED) is 0.646. The molecule has 0 unspecified atom stereocenters. The van der Waals surface area contributed by atoms with Crippen LogP contribution in [0.3, 0.4) is 0 Å². The van der Waals surface area contributed by atoms with Gasteiger partial charge < -0.3 is 20.5 Å². The average molecular weight is 324 g/mol. The zero-order valence-corrected chi connectivity index (χ0v) is 13.9. The number of ether oxygens (including phenoxy) is 1. The van der Waals surface area contributed by atoms with Crippen LogP contribution in [-0.4, -0.2) is 34.8 Å². The van der Waals surface area contributed by atoms with Crippen LogP contribution in [0.25, 0.3) is 0 Å². The number of phenolic OH excluding ortho intramolecular Hbond substituents is 1. The van der Waals surface area contributed by atoms with Crippen molar-refractivity contribution in [2.45, 2.75) is 45.6 Å². The Balaban J connectivity index is 1.90. The molecule has 3 N–H and O–H groups in total. The van der Waals surface area contributed by atoms with Gasteiger partial charge in [-0.25, -0.2) is 9.18 Å². The monoisotopic (exact) mass is 324 g/mol. The summed E-state index contributed by atoms with van der Waals surface area (Å²) in [6.07, 6.45) is 1.84. The normalized spacial score (nSPS) is 16.4. The van der Waals surface area contributed by atoms with Crippen LogP contribution in [0.2, 0.25) is 0 Å². The first-order valence-corrected chi connectivity index (χ1v) is 7.90. The number of carbonyl (C=O) groups excluding carboxylic acids is 1. The van der Waals surface area contributed by atoms with E-state index in [4.69, 9.17) is 10.5 Å². The smallest absolute Gasteiger partial charge is 0.410 e. The van der Waals surface area contributed by atoms with Gasteiger partial charge in [-0.15, -0.1) is 0 Å². The Bertz CT molecular complexity index is 576. The molecule has 0 aromatic heterocycles. The summed E-state index contributed by atoms with van der Waals surface area (Å²) in [6, 6.07) is 2.55. The summed E-state index contributed by atoms with van der Waals surface area (Å²) in [6.45, 7) is 6.74. The van der Waals surface area contributed by atoms with Gasteiger partial charge in [-0.2, -0.15) is 0 Å². The molecule has 5 nitrogen and oxygen atoms in total. The van der Waals surface area contributed by atoms with Crippen LogP contribution in [0.4, 0.5) is 14.9 Å². The third-order valence-corrected chi connectivity index (χ3v) is 3.97. The molecule has 2 rings (SSSR count). The van der Waals surface area contributed by atoms with Crippen LogP contribution in [0.5, 0.6) is 5.75 Å². The summed E-state index contributed by atoms with van der Waals surface area (Å²) in [7, 11) is 0. The van der Waals surface area contributed by atoms with Crippen molar-refractivity contribution in [2.24, 2.45) is 5.92 Å². The fourth-order valence-corrected chi connectivity index (χ4v) is 2.74. The van der Waals surface area contributed by atoms with Gasteiger partial charge in [0.25, 0.3) is 0 Å². The van der Waals surface area contributed by atoms with E-state index in [1.54, 1.807) is 4.90 Å². The Kier molecular flexibility index (Phi) is 5.02. The maximum absolute atomic E-state index is 13.9. The highest BCUT2D eigenvalue weighted by atomic mass is 19.1. The summed E-state index contributed by atoms with van der Waals surface area (Å²) in [5.74, 6) is -0.385. The number of phenols is 1. The summed E-state index contributed by atoms with van der Waals surface area (Å²) in [4.78, 5) is 13.7. The number of anilines is 1. The maximum atomic E-state index is 13.9. The Morgan fingerprint density at radius 1 is 1.39 bits per heavy atom. The Morgan fingerprint density at radius 3 is 2.57 bits per heavy atom. The molecule has 1 saturated heterocycles. The summed E-state index contributed by atoms with van der Waals surface area (Å²) >= 11 is 0. The van der Waals surface area contributed by atoms with Gasteiger partial charge in [0.05, 0.1) is 5.69 Å². The number of rotatable bonds is 2. The number of benzene rings is 1. The summed E-state index contributed by atoms with van der Waals surface area (Å²) < 4.78 is 19.2. The van der Waals surface area contributed by atoms with Gasteiger partial charge in [-0.3, -0.25) is 0 Å². The number of amides is 1. The second-order valence-corrected chi connectivity index (χ2v) is 7.12. The molecule has 0 bridgehead atoms. The first kappa shape index (κ1) is 17.4. The van der Waals surface area contributed by atoms with Crippen LogP contribution in [0, 0.1) is 11.7 Å². The van der Waals surface area contributed by atoms with E-state index in [0.717, 1.165) is 18.9 Å². The fraction of sp³-hybridized carbons (Fsp3) is 0.588. The fourth-order valence-electron chi connectivity index (χ4n) is 2.74. The van der Waals surface area contributed by atoms with Crippen molar-refractivity contribution in [1.82, 2.24) is 4.90 Å². The summed E-state index contributed by atoms with van der Waals surface area (Å²) in [5, 5.41) is 9.40. The molecule has 1 aliphatic heterocycles. The van der Waals surface area contributed by atoms with E-state index < -0.39 is 11.4 Å². The SMILES string of the molecule is CC(C)(C)OC(=O)N1CCC(Cc2cc(N)c(O)cc2F)CC1. The van der Waals surface area contributed by atoms with Gasteiger partial charge in [0.1, 0.15) is 17.2 Å². The number of nitrogens with zero attached hydrogens (tertiary/aromatic N) is 1. The minimum absolute atomic E-state index is 0.188. The molecule has 1 aromatic carbocycles. The zero-order chi connectivity index (χ0) is 17.2. The molecule has 0 radical (unpaired) electrons. The van der Waals surface area contributed by atoms with Crippen molar-refractivity contribution in [3.05, 3.63) is 23.5 Å². The Labute approximate surface area is 136 Å². The molecular weight excluding hydrogens is 299 g/mol. The first-order chi connectivity index (χ1) is 10.7. The van der Waals surface area contributed by atoms with Crippen molar-refractivity contribution in [3.63, 3.8) is 0 Å². The van der Waals surface area contributed by atoms with Crippen LogP contribution in [-0.2, 0) is 11.2 Å². The van der Waals surface area contributed by atoms with E-state index in [9.17, 15) is 14.3 Å². The molecular formula is C17H25FN2O3. The van der Waals surface area contributed by atoms with Gasteiger partial charge in [0.15, 0.2) is 0 Å². The lowest BCUT2D eigenvalue weighted by Gasteiger charge is -2.33. The minimum atomic E-state index is -0.499. The number of hydrogen-bond donors (Lipinski definition) is 2. The van der Waals surface area contributed by atoms with Crippen molar-refractivity contribution in [3.8, 4) is 5.75 Å². The number of piperidine rings is 1. The molecule has 128 valence electrons. The Morgan fingerprint density at radius 2 is 2.00 bits per heavy atom. The minimum Gasteiger partial charge on any atom is -0.506 e. The molecule has 0 saturated carbocycles. The highest BCUT2D eigenvalue weighted by Gasteiger charge is 2.27. The van der Waals surface area contributed by atoms with Crippen LogP contribution < -0.4 is 5.73 Å². The molecule has 1 heterocycles. The van der Waals surface area contributed by atoms with Gasteiger partial charge in [-0.1, -0.05) is 0 Å². The van der Waals surface area contributed by atoms with Gasteiger partial charge >= 0.3 is 6.09 Å². The molecule has 1 amide bonds. The Hall–Kier alpha value is -1.98. The van der Waals surface area contributed by atoms with Crippen molar-refractivity contribution < 1.29 is 19.0 Å². The third kappa shape index (κ3) is 4.74. The van der Waals surface area contributed by atoms with E-state index >= 15 is 0 Å². The molecule has 0 spiro atoms. The van der Waals surface area contributed by atoms with Crippen LogP contribution in [0.15, 0.2) is 12.1 Å². The van der Waals surface area contributed by atoms with E-state index in [2.05, 4.69) is 0 Å². The standard InChI is InChI=1S/C17H25FN2O3/c1-17(2,3)23-16(22)20-6-4-11(5-7-20)8-12-9-14(19)15(21)10-13(12)18/h9-11,21H,4-8,19H2,1-3H3. The predicted octanol–water partition coefficient (Wildman–Crippen LogP) is 3.30. The van der Waals surface area contributed by atoms with E-state index in [1.165, 1.54) is 6.07 Å². The van der Waals surface area contributed by atoms with Crippen molar-refractivity contribution in [2.75, 3.05) is 18.8 Å². The number of halogens is 1. The zero-order valence-electron chi connectivity index (χ0n) is 13.9. The predicted molar refractivity (Wildman–Crippen MR) is 86.7 cm³/mol. The van der Waals surface area contributed by atoms with Gasteiger partial charge in [0, 0.05) is 19.2 Å². The van der Waals surface area contributed by atoms with Gasteiger partial charge in [-0.05, 0) is 57.6 Å². The van der Waals surface area contributed by atoms with E-state index in [1.807, 2.05) is 20.8 Å². The third-order valence-electron chi connectivity index (χ3n) is 3.97. The molecule has 0 aliphatic carbocycles. The molecule has 1 aromatic rings. The number of nitrogen functional groups attached to an aromatic ring is 1. The van der Waals surface area contributed by atoms with Gasteiger partial charge in [0.2, 0.25) is 0 Å². The van der Waals surface area contributed by atoms with Crippen molar-refractivity contribution >= 4 is 11.8 Å². The first-order valence-electron chi connectivity index (χ1n) is 7.90. The second kappa shape index (κ2) is 6.64. The number of likely N-dealkylation sites (tertiary alicyclic amines) is 1. The molecule has 1 fully saturated rings. The highest BCUT2D eigenvalue weighted by Crippen LogP contribution is 2.28. The second-order valence-electron chi connectivity index (χ2n) is 7.12. The largest absolute Gasteiger partial charge is 0.506 e. The van der Waals surface area contributed by atoms with Crippen molar-refractivity contribution in [1.29, 1.82) is 0 Å². The highest BCUT2D eigenvalue weighted by molar-refractivity contribution is 5.68. The molecule has 1 aliphatic rings. The average Bonchev–Trinajstić information content (AvgIpc) is 2.43. The molecule has 23 heavy (non-hydrogen) atoms. The lowest BCUT2D eigenvalue weighted by molar-refractivity contribution is 0.0184. The molecule has 0 atom stereocenters. The van der Waals surface area contributed by atoms with E-state index in [-0.39, 0.29) is 23.4 Å². The number of hydrogen-bond acceptors (Lipinski definition) is 4. The number of aromatic hydroxyl groups is 1. The van der Waals surface area contributed by atoms with Crippen LogP contribution in [0.1, 0.15) is 39.2 Å². The molecule has 6 heteroatoms. The van der Waals surface area contributed by atoms with Crippen LogP contribution >= 0.6 is 0 Å².